The standard InChI is InChI=1S/C19H23ClN2O4/c1-22(11-13-5-7-17(25-3)18(9-13)26-4)12-19(23)21-15-10-14(20)6-8-16(15)24-2/h5-10H,11-12H2,1-4H3,(H,21,23)/p+1. The van der Waals surface area contributed by atoms with Crippen LogP contribution in [0.1, 0.15) is 5.56 Å². The number of likely N-dealkylation sites (N-methyl/N-ethyl adjacent to an activating group) is 1. The summed E-state index contributed by atoms with van der Waals surface area (Å²) in [7, 11) is 6.70. The zero-order chi connectivity index (χ0) is 19.1. The molecule has 0 aliphatic heterocycles. The Morgan fingerprint density at radius 3 is 2.31 bits per heavy atom. The summed E-state index contributed by atoms with van der Waals surface area (Å²) in [6, 6.07) is 10.8. The number of anilines is 1. The summed E-state index contributed by atoms with van der Waals surface area (Å²) < 4.78 is 15.8. The second-order valence-corrected chi connectivity index (χ2v) is 6.33. The van der Waals surface area contributed by atoms with Gasteiger partial charge in [0.1, 0.15) is 12.3 Å². The van der Waals surface area contributed by atoms with Crippen molar-refractivity contribution in [3.8, 4) is 17.2 Å². The van der Waals surface area contributed by atoms with Crippen molar-refractivity contribution in [3.05, 3.63) is 47.0 Å². The number of quaternary nitrogens is 1. The van der Waals surface area contributed by atoms with Crippen LogP contribution in [0.5, 0.6) is 17.2 Å². The molecule has 0 heterocycles. The Kier molecular flexibility index (Phi) is 7.12. The molecule has 2 rings (SSSR count). The van der Waals surface area contributed by atoms with Crippen LogP contribution in [0, 0.1) is 0 Å². The van der Waals surface area contributed by atoms with Gasteiger partial charge in [0.15, 0.2) is 18.0 Å². The van der Waals surface area contributed by atoms with Crippen LogP contribution in [-0.2, 0) is 11.3 Å². The monoisotopic (exact) mass is 379 g/mol. The molecule has 2 aromatic rings. The Labute approximate surface area is 158 Å². The molecule has 0 saturated heterocycles. The fraction of sp³-hybridized carbons (Fsp3) is 0.316. The van der Waals surface area contributed by atoms with E-state index in [2.05, 4.69) is 5.32 Å². The molecule has 0 spiro atoms. The predicted molar refractivity (Wildman–Crippen MR) is 102 cm³/mol. The number of amides is 1. The number of benzene rings is 2. The summed E-state index contributed by atoms with van der Waals surface area (Å²) in [5.41, 5.74) is 1.61. The maximum Gasteiger partial charge on any atom is 0.279 e. The van der Waals surface area contributed by atoms with Crippen molar-refractivity contribution in [3.63, 3.8) is 0 Å². The van der Waals surface area contributed by atoms with Crippen LogP contribution in [0.25, 0.3) is 0 Å². The summed E-state index contributed by atoms with van der Waals surface area (Å²) in [6.45, 7) is 0.963. The lowest BCUT2D eigenvalue weighted by atomic mass is 10.2. The fourth-order valence-corrected chi connectivity index (χ4v) is 2.82. The van der Waals surface area contributed by atoms with Crippen molar-refractivity contribution in [2.75, 3.05) is 40.2 Å². The third-order valence-electron chi connectivity index (χ3n) is 3.85. The molecule has 7 heteroatoms. The molecule has 0 aromatic heterocycles. The second-order valence-electron chi connectivity index (χ2n) is 5.89. The smallest absolute Gasteiger partial charge is 0.279 e. The molecule has 0 bridgehead atoms. The first-order valence-corrected chi connectivity index (χ1v) is 8.50. The van der Waals surface area contributed by atoms with Gasteiger partial charge in [0.25, 0.3) is 5.91 Å². The van der Waals surface area contributed by atoms with Gasteiger partial charge in [-0.3, -0.25) is 4.79 Å². The van der Waals surface area contributed by atoms with Gasteiger partial charge in [0.05, 0.1) is 34.1 Å². The molecule has 2 N–H and O–H groups in total. The van der Waals surface area contributed by atoms with Gasteiger partial charge in [-0.2, -0.15) is 0 Å². The molecule has 6 nitrogen and oxygen atoms in total. The number of hydrogen-bond acceptors (Lipinski definition) is 4. The van der Waals surface area contributed by atoms with E-state index in [1.807, 2.05) is 25.2 Å². The Bertz CT molecular complexity index is 767. The molecule has 0 saturated carbocycles. The van der Waals surface area contributed by atoms with Crippen LogP contribution >= 0.6 is 11.6 Å². The van der Waals surface area contributed by atoms with Gasteiger partial charge in [-0.15, -0.1) is 0 Å². The zero-order valence-corrected chi connectivity index (χ0v) is 16.1. The van der Waals surface area contributed by atoms with Gasteiger partial charge in [0, 0.05) is 10.6 Å². The highest BCUT2D eigenvalue weighted by molar-refractivity contribution is 6.31. The van der Waals surface area contributed by atoms with E-state index in [4.69, 9.17) is 25.8 Å². The van der Waals surface area contributed by atoms with Gasteiger partial charge >= 0.3 is 0 Å². The lowest BCUT2D eigenvalue weighted by molar-refractivity contribution is -0.885. The minimum Gasteiger partial charge on any atom is -0.495 e. The Balaban J connectivity index is 1.98. The number of halogens is 1. The maximum atomic E-state index is 12.3. The molecule has 1 amide bonds. The van der Waals surface area contributed by atoms with Crippen molar-refractivity contribution in [1.29, 1.82) is 0 Å². The Morgan fingerprint density at radius 1 is 1.00 bits per heavy atom. The van der Waals surface area contributed by atoms with Gasteiger partial charge in [0.2, 0.25) is 0 Å². The molecule has 0 radical (unpaired) electrons. The number of carbonyl (C=O) groups is 1. The summed E-state index contributed by atoms with van der Waals surface area (Å²) in [5.74, 6) is 1.80. The summed E-state index contributed by atoms with van der Waals surface area (Å²) >= 11 is 5.99. The van der Waals surface area contributed by atoms with E-state index in [1.54, 1.807) is 39.5 Å². The van der Waals surface area contributed by atoms with Crippen molar-refractivity contribution in [2.24, 2.45) is 0 Å². The van der Waals surface area contributed by atoms with E-state index in [-0.39, 0.29) is 5.91 Å². The van der Waals surface area contributed by atoms with Gasteiger partial charge in [-0.05, 0) is 36.4 Å². The number of methoxy groups -OCH3 is 3. The second kappa shape index (κ2) is 9.31. The van der Waals surface area contributed by atoms with Crippen LogP contribution in [-0.4, -0.2) is 40.8 Å². The predicted octanol–water partition coefficient (Wildman–Crippen LogP) is 2.02. The summed E-state index contributed by atoms with van der Waals surface area (Å²) in [4.78, 5) is 13.4. The summed E-state index contributed by atoms with van der Waals surface area (Å²) in [6.07, 6.45) is 0. The van der Waals surface area contributed by atoms with Crippen molar-refractivity contribution < 1.29 is 23.9 Å². The number of rotatable bonds is 8. The van der Waals surface area contributed by atoms with Crippen LogP contribution in [0.15, 0.2) is 36.4 Å². The lowest BCUT2D eigenvalue weighted by Gasteiger charge is -2.16. The topological polar surface area (TPSA) is 61.2 Å². The lowest BCUT2D eigenvalue weighted by Crippen LogP contribution is -3.08. The molecule has 0 aliphatic carbocycles. The molecule has 26 heavy (non-hydrogen) atoms. The van der Waals surface area contributed by atoms with Gasteiger partial charge in [-0.25, -0.2) is 0 Å². The maximum absolute atomic E-state index is 12.3. The quantitative estimate of drug-likeness (QED) is 0.736. The number of ether oxygens (including phenoxy) is 3. The molecular formula is C19H24ClN2O4+. The van der Waals surface area contributed by atoms with Crippen LogP contribution in [0.3, 0.4) is 0 Å². The first-order chi connectivity index (χ1) is 12.5. The first-order valence-electron chi connectivity index (χ1n) is 8.12. The van der Waals surface area contributed by atoms with Crippen molar-refractivity contribution in [1.82, 2.24) is 0 Å². The summed E-state index contributed by atoms with van der Waals surface area (Å²) in [5, 5.41) is 3.38. The van der Waals surface area contributed by atoms with E-state index >= 15 is 0 Å². The fourth-order valence-electron chi connectivity index (χ4n) is 2.65. The van der Waals surface area contributed by atoms with Crippen LogP contribution in [0.4, 0.5) is 5.69 Å². The highest BCUT2D eigenvalue weighted by atomic mass is 35.5. The van der Waals surface area contributed by atoms with Crippen LogP contribution < -0.4 is 24.4 Å². The minimum atomic E-state index is -0.122. The molecule has 2 aromatic carbocycles. The molecule has 140 valence electrons. The Morgan fingerprint density at radius 2 is 1.65 bits per heavy atom. The largest absolute Gasteiger partial charge is 0.495 e. The third-order valence-corrected chi connectivity index (χ3v) is 4.09. The molecule has 0 aliphatic rings. The number of hydrogen-bond donors (Lipinski definition) is 2. The SMILES string of the molecule is COc1ccc(Cl)cc1NC(=O)C[NH+](C)Cc1ccc(OC)c(OC)c1. The van der Waals surface area contributed by atoms with E-state index in [1.165, 1.54) is 0 Å². The van der Waals surface area contributed by atoms with E-state index in [9.17, 15) is 4.79 Å². The van der Waals surface area contributed by atoms with E-state index in [0.29, 0.717) is 41.0 Å². The van der Waals surface area contributed by atoms with E-state index in [0.717, 1.165) is 10.5 Å². The average Bonchev–Trinajstić information content (AvgIpc) is 2.61. The normalized spacial score (nSPS) is 11.6. The van der Waals surface area contributed by atoms with E-state index < -0.39 is 0 Å². The molecule has 1 atom stereocenters. The van der Waals surface area contributed by atoms with Crippen molar-refractivity contribution in [2.45, 2.75) is 6.54 Å². The first kappa shape index (κ1) is 19.9. The number of nitrogens with one attached hydrogen (secondary N) is 2. The number of carbonyl (C=O) groups excluding carboxylic acids is 1. The van der Waals surface area contributed by atoms with Crippen LogP contribution in [0.2, 0.25) is 5.02 Å². The Hall–Kier alpha value is -2.44. The average molecular weight is 380 g/mol. The molecule has 1 unspecified atom stereocenters. The molecule has 0 fully saturated rings. The van der Waals surface area contributed by atoms with Gasteiger partial charge in [-0.1, -0.05) is 11.6 Å². The highest BCUT2D eigenvalue weighted by Crippen LogP contribution is 2.28. The highest BCUT2D eigenvalue weighted by Gasteiger charge is 2.14. The third kappa shape index (κ3) is 5.28. The zero-order valence-electron chi connectivity index (χ0n) is 15.4. The van der Waals surface area contributed by atoms with Crippen molar-refractivity contribution >= 4 is 23.2 Å². The molecular weight excluding hydrogens is 356 g/mol. The van der Waals surface area contributed by atoms with Gasteiger partial charge < -0.3 is 24.4 Å². The minimum absolute atomic E-state index is 0.122.